The van der Waals surface area contributed by atoms with Crippen molar-refractivity contribution in [3.8, 4) is 0 Å². The van der Waals surface area contributed by atoms with Crippen LogP contribution in [0.3, 0.4) is 0 Å². The van der Waals surface area contributed by atoms with E-state index in [0.717, 1.165) is 32.4 Å². The van der Waals surface area contributed by atoms with E-state index in [1.807, 2.05) is 4.90 Å². The molecule has 0 radical (unpaired) electrons. The number of carboxylic acids is 1. The van der Waals surface area contributed by atoms with Crippen LogP contribution in [0, 0.1) is 22.7 Å². The zero-order valence-electron chi connectivity index (χ0n) is 13.2. The zero-order valence-corrected chi connectivity index (χ0v) is 13.2. The Morgan fingerprint density at radius 1 is 1.14 bits per heavy atom. The van der Waals surface area contributed by atoms with Gasteiger partial charge in [0, 0.05) is 18.5 Å². The third-order valence-corrected chi connectivity index (χ3v) is 6.46. The van der Waals surface area contributed by atoms with Crippen LogP contribution in [0.5, 0.6) is 0 Å². The summed E-state index contributed by atoms with van der Waals surface area (Å²) >= 11 is 0. The van der Waals surface area contributed by atoms with Crippen molar-refractivity contribution < 1.29 is 14.7 Å². The van der Waals surface area contributed by atoms with Crippen molar-refractivity contribution >= 4 is 11.9 Å². The Bertz CT molecular complexity index is 443. The number of likely N-dealkylation sites (tertiary alicyclic amines) is 1. The van der Waals surface area contributed by atoms with Crippen LogP contribution in [-0.4, -0.2) is 35.0 Å². The van der Waals surface area contributed by atoms with E-state index in [2.05, 4.69) is 13.8 Å². The number of rotatable bonds is 3. The topological polar surface area (TPSA) is 57.6 Å². The second-order valence-corrected chi connectivity index (χ2v) is 7.95. The van der Waals surface area contributed by atoms with Crippen LogP contribution < -0.4 is 0 Å². The van der Waals surface area contributed by atoms with Gasteiger partial charge in [-0.25, -0.2) is 0 Å². The van der Waals surface area contributed by atoms with Gasteiger partial charge in [0.1, 0.15) is 0 Å². The molecule has 4 nitrogen and oxygen atoms in total. The molecule has 4 heteroatoms. The summed E-state index contributed by atoms with van der Waals surface area (Å²) in [6, 6.07) is 0. The first-order valence-electron chi connectivity index (χ1n) is 8.39. The lowest BCUT2D eigenvalue weighted by Gasteiger charge is -2.40. The maximum absolute atomic E-state index is 12.9. The van der Waals surface area contributed by atoms with Gasteiger partial charge in [-0.05, 0) is 43.4 Å². The van der Waals surface area contributed by atoms with E-state index in [0.29, 0.717) is 5.92 Å². The Labute approximate surface area is 126 Å². The van der Waals surface area contributed by atoms with Crippen LogP contribution in [0.1, 0.15) is 58.8 Å². The summed E-state index contributed by atoms with van der Waals surface area (Å²) in [4.78, 5) is 26.0. The number of amides is 1. The summed E-state index contributed by atoms with van der Waals surface area (Å²) in [5.41, 5.74) is -0.239. The maximum atomic E-state index is 12.9. The standard InChI is InChI=1S/C17H27NO3/c1-16(2,12-5-3-4-6-12)15(21)18-9-7-17(8-10-18)11-13(17)14(19)20/h12-13H,3-11H2,1-2H3,(H,19,20). The summed E-state index contributed by atoms with van der Waals surface area (Å²) in [6.07, 6.45) is 7.42. The predicted molar refractivity (Wildman–Crippen MR) is 79.7 cm³/mol. The Morgan fingerprint density at radius 2 is 1.71 bits per heavy atom. The summed E-state index contributed by atoms with van der Waals surface area (Å²) in [5.74, 6) is 0.00371. The van der Waals surface area contributed by atoms with Crippen LogP contribution in [0.4, 0.5) is 0 Å². The SMILES string of the molecule is CC(C)(C(=O)N1CCC2(CC1)CC2C(=O)O)C1CCCC1. The normalized spacial score (nSPS) is 28.9. The van der Waals surface area contributed by atoms with Gasteiger partial charge in [-0.15, -0.1) is 0 Å². The lowest BCUT2D eigenvalue weighted by molar-refractivity contribution is -0.145. The van der Waals surface area contributed by atoms with Gasteiger partial charge >= 0.3 is 5.97 Å². The van der Waals surface area contributed by atoms with Crippen LogP contribution in [0.2, 0.25) is 0 Å². The number of nitrogens with zero attached hydrogens (tertiary/aromatic N) is 1. The molecule has 0 aromatic heterocycles. The van der Waals surface area contributed by atoms with Crippen LogP contribution in [0.25, 0.3) is 0 Å². The number of carbonyl (C=O) groups excluding carboxylic acids is 1. The lowest BCUT2D eigenvalue weighted by atomic mass is 9.76. The summed E-state index contributed by atoms with van der Waals surface area (Å²) in [7, 11) is 0. The molecule has 0 bridgehead atoms. The Kier molecular flexibility index (Phi) is 3.53. The van der Waals surface area contributed by atoms with Crippen molar-refractivity contribution in [2.45, 2.75) is 58.8 Å². The van der Waals surface area contributed by atoms with E-state index < -0.39 is 5.97 Å². The van der Waals surface area contributed by atoms with Crippen molar-refractivity contribution in [1.29, 1.82) is 0 Å². The average molecular weight is 293 g/mol. The molecule has 21 heavy (non-hydrogen) atoms. The fourth-order valence-corrected chi connectivity index (χ4v) is 4.63. The first kappa shape index (κ1) is 14.9. The Hall–Kier alpha value is -1.06. The number of carboxylic acid groups (broad SMARTS) is 1. The van der Waals surface area contributed by atoms with E-state index >= 15 is 0 Å². The molecule has 3 aliphatic rings. The molecule has 1 N–H and O–H groups in total. The molecule has 1 spiro atoms. The van der Waals surface area contributed by atoms with E-state index in [4.69, 9.17) is 5.11 Å². The Balaban J connectivity index is 1.59. The highest BCUT2D eigenvalue weighted by atomic mass is 16.4. The molecule has 1 aliphatic heterocycles. The first-order chi connectivity index (χ1) is 9.87. The second kappa shape index (κ2) is 4.99. The van der Waals surface area contributed by atoms with Gasteiger partial charge in [0.2, 0.25) is 5.91 Å². The minimum atomic E-state index is -0.652. The number of piperidine rings is 1. The van der Waals surface area contributed by atoms with Crippen molar-refractivity contribution in [2.75, 3.05) is 13.1 Å². The third-order valence-electron chi connectivity index (χ3n) is 6.46. The molecule has 1 saturated heterocycles. The van der Waals surface area contributed by atoms with Gasteiger partial charge in [-0.1, -0.05) is 26.7 Å². The van der Waals surface area contributed by atoms with E-state index in [1.165, 1.54) is 25.7 Å². The molecule has 1 amide bonds. The van der Waals surface area contributed by atoms with Crippen LogP contribution >= 0.6 is 0 Å². The molecule has 2 aliphatic carbocycles. The number of aliphatic carboxylic acids is 1. The maximum Gasteiger partial charge on any atom is 0.307 e. The molecule has 0 aromatic carbocycles. The van der Waals surface area contributed by atoms with Crippen LogP contribution in [-0.2, 0) is 9.59 Å². The highest BCUT2D eigenvalue weighted by molar-refractivity contribution is 5.82. The van der Waals surface area contributed by atoms with E-state index in [9.17, 15) is 9.59 Å². The quantitative estimate of drug-likeness (QED) is 0.870. The van der Waals surface area contributed by atoms with Gasteiger partial charge in [-0.2, -0.15) is 0 Å². The second-order valence-electron chi connectivity index (χ2n) is 7.95. The van der Waals surface area contributed by atoms with E-state index in [1.54, 1.807) is 0 Å². The lowest BCUT2D eigenvalue weighted by Crippen LogP contribution is -2.48. The smallest absolute Gasteiger partial charge is 0.307 e. The molecular formula is C17H27NO3. The molecular weight excluding hydrogens is 266 g/mol. The molecule has 1 atom stereocenters. The molecule has 118 valence electrons. The van der Waals surface area contributed by atoms with Crippen molar-refractivity contribution in [3.63, 3.8) is 0 Å². The summed E-state index contributed by atoms with van der Waals surface area (Å²) in [5, 5.41) is 9.14. The van der Waals surface area contributed by atoms with Gasteiger partial charge in [0.05, 0.1) is 5.92 Å². The molecule has 3 fully saturated rings. The van der Waals surface area contributed by atoms with Gasteiger partial charge in [0.25, 0.3) is 0 Å². The first-order valence-corrected chi connectivity index (χ1v) is 8.39. The van der Waals surface area contributed by atoms with Gasteiger partial charge in [0.15, 0.2) is 0 Å². The van der Waals surface area contributed by atoms with E-state index in [-0.39, 0.29) is 22.7 Å². The van der Waals surface area contributed by atoms with Crippen molar-refractivity contribution in [1.82, 2.24) is 4.90 Å². The number of carbonyl (C=O) groups is 2. The fourth-order valence-electron chi connectivity index (χ4n) is 4.63. The average Bonchev–Trinajstić information content (AvgIpc) is 2.90. The van der Waals surface area contributed by atoms with Crippen LogP contribution in [0.15, 0.2) is 0 Å². The molecule has 3 rings (SSSR count). The summed E-state index contributed by atoms with van der Waals surface area (Å²) < 4.78 is 0. The van der Waals surface area contributed by atoms with Crippen molar-refractivity contribution in [2.24, 2.45) is 22.7 Å². The van der Waals surface area contributed by atoms with Gasteiger partial charge < -0.3 is 10.0 Å². The molecule has 1 heterocycles. The highest BCUT2D eigenvalue weighted by Gasteiger charge is 2.59. The fraction of sp³-hybridized carbons (Fsp3) is 0.882. The number of hydrogen-bond acceptors (Lipinski definition) is 2. The Morgan fingerprint density at radius 3 is 2.19 bits per heavy atom. The monoisotopic (exact) mass is 293 g/mol. The zero-order chi connectivity index (χ0) is 15.3. The number of hydrogen-bond donors (Lipinski definition) is 1. The molecule has 2 saturated carbocycles. The minimum Gasteiger partial charge on any atom is -0.481 e. The van der Waals surface area contributed by atoms with Crippen molar-refractivity contribution in [3.05, 3.63) is 0 Å². The molecule has 1 unspecified atom stereocenters. The molecule has 0 aromatic rings. The minimum absolute atomic E-state index is 0.0140. The third kappa shape index (κ3) is 2.47. The summed E-state index contributed by atoms with van der Waals surface area (Å²) in [6.45, 7) is 5.71. The van der Waals surface area contributed by atoms with Gasteiger partial charge in [-0.3, -0.25) is 9.59 Å². The highest BCUT2D eigenvalue weighted by Crippen LogP contribution is 2.59. The predicted octanol–water partition coefficient (Wildman–Crippen LogP) is 2.92. The largest absolute Gasteiger partial charge is 0.481 e.